The van der Waals surface area contributed by atoms with E-state index >= 15 is 0 Å². The van der Waals surface area contributed by atoms with E-state index in [2.05, 4.69) is 15.2 Å². The van der Waals surface area contributed by atoms with Gasteiger partial charge in [-0.05, 0) is 6.33 Å². The minimum atomic E-state index is 0.681. The summed E-state index contributed by atoms with van der Waals surface area (Å²) >= 11 is 0. The van der Waals surface area contributed by atoms with E-state index in [1.165, 1.54) is 6.33 Å². The first-order chi connectivity index (χ1) is 5.84. The monoisotopic (exact) mass is 163 g/mol. The highest BCUT2D eigenvalue weighted by Crippen LogP contribution is 1.90. The third-order valence-corrected chi connectivity index (χ3v) is 1.58. The van der Waals surface area contributed by atoms with Gasteiger partial charge in [0.2, 0.25) is 6.33 Å². The van der Waals surface area contributed by atoms with Crippen LogP contribution < -0.4 is 9.55 Å². The lowest BCUT2D eigenvalue weighted by Crippen LogP contribution is -2.23. The summed E-state index contributed by atoms with van der Waals surface area (Å²) in [6, 6.07) is 0. The number of hydrogen-bond acceptors (Lipinski definition) is 2. The summed E-state index contributed by atoms with van der Waals surface area (Å²) in [5.74, 6) is 0.742. The van der Waals surface area contributed by atoms with Crippen LogP contribution in [0.4, 0.5) is 0 Å². The van der Waals surface area contributed by atoms with Gasteiger partial charge in [-0.25, -0.2) is 9.13 Å². The summed E-state index contributed by atoms with van der Waals surface area (Å²) in [5, 5.41) is 7.47. The molecule has 12 heavy (non-hydrogen) atoms. The number of hydrogen-bond donors (Lipinski definition) is 0. The van der Waals surface area contributed by atoms with Crippen LogP contribution in [0, 0.1) is 0 Å². The smallest absolute Gasteiger partial charge is 0.243 e. The molecule has 5 heteroatoms. The Morgan fingerprint density at radius 1 is 1.67 bits per heavy atom. The molecule has 2 rings (SSSR count). The summed E-state index contributed by atoms with van der Waals surface area (Å²) < 4.78 is 3.97. The van der Waals surface area contributed by atoms with Gasteiger partial charge in [0, 0.05) is 5.82 Å². The van der Waals surface area contributed by atoms with Gasteiger partial charge >= 0.3 is 0 Å². The largest absolute Gasteiger partial charge is 0.366 e. The van der Waals surface area contributed by atoms with E-state index in [9.17, 15) is 0 Å². The van der Waals surface area contributed by atoms with Crippen molar-refractivity contribution >= 4 is 0 Å². The average molecular weight is 163 g/mol. The molecular formula is C7H9N5. The molecule has 0 atom stereocenters. The van der Waals surface area contributed by atoms with Gasteiger partial charge in [-0.1, -0.05) is 0 Å². The van der Waals surface area contributed by atoms with Crippen molar-refractivity contribution in [1.29, 1.82) is 0 Å². The van der Waals surface area contributed by atoms with Gasteiger partial charge in [-0.15, -0.1) is 0 Å². The summed E-state index contributed by atoms with van der Waals surface area (Å²) in [7, 11) is 1.97. The van der Waals surface area contributed by atoms with E-state index in [1.54, 1.807) is 0 Å². The van der Waals surface area contributed by atoms with Gasteiger partial charge in [-0.3, -0.25) is 0 Å². The third-order valence-electron chi connectivity index (χ3n) is 1.58. The number of nitrogens with zero attached hydrogens (tertiary/aromatic N) is 5. The second-order valence-corrected chi connectivity index (χ2v) is 2.63. The first-order valence-corrected chi connectivity index (χ1v) is 3.65. The molecule has 0 spiro atoms. The molecule has 2 aromatic rings. The van der Waals surface area contributed by atoms with Gasteiger partial charge in [0.1, 0.15) is 18.9 Å². The maximum atomic E-state index is 3.97. The van der Waals surface area contributed by atoms with Crippen molar-refractivity contribution in [1.82, 2.24) is 19.7 Å². The fourth-order valence-corrected chi connectivity index (χ4v) is 1.04. The molecule has 0 aliphatic carbocycles. The molecule has 0 fully saturated rings. The van der Waals surface area contributed by atoms with Crippen molar-refractivity contribution in [3.05, 3.63) is 30.9 Å². The van der Waals surface area contributed by atoms with Crippen LogP contribution in [0.5, 0.6) is 0 Å². The molecule has 5 nitrogen and oxygen atoms in total. The zero-order valence-corrected chi connectivity index (χ0v) is 6.75. The second kappa shape index (κ2) is 2.77. The maximum Gasteiger partial charge on any atom is 0.243 e. The molecule has 0 amide bonds. The zero-order valence-electron chi connectivity index (χ0n) is 6.75. The number of imidazole rings is 1. The predicted octanol–water partition coefficient (Wildman–Crippen LogP) is -0.892. The van der Waals surface area contributed by atoms with Gasteiger partial charge < -0.3 is 15.2 Å². The van der Waals surface area contributed by atoms with Crippen LogP contribution in [-0.2, 0) is 13.6 Å². The fraction of sp³-hybridized carbons (Fsp3) is 0.286. The third kappa shape index (κ3) is 1.34. The Labute approximate surface area is 69.7 Å². The Balaban J connectivity index is 2.14. The molecule has 0 aliphatic rings. The van der Waals surface area contributed by atoms with E-state index in [0.29, 0.717) is 6.54 Å². The Hall–Kier alpha value is -1.65. The minimum absolute atomic E-state index is 0.681. The van der Waals surface area contributed by atoms with Crippen LogP contribution >= 0.6 is 0 Å². The van der Waals surface area contributed by atoms with E-state index in [4.69, 9.17) is 0 Å². The summed E-state index contributed by atoms with van der Waals surface area (Å²) in [6.07, 6.45) is 7.36. The number of rotatable bonds is 2. The number of aromatic nitrogens is 5. The normalized spacial score (nSPS) is 10.4. The lowest BCUT2D eigenvalue weighted by atomic mass is 10.6. The van der Waals surface area contributed by atoms with Gasteiger partial charge in [0.15, 0.2) is 0 Å². The van der Waals surface area contributed by atoms with Crippen LogP contribution in [0.3, 0.4) is 0 Å². The zero-order chi connectivity index (χ0) is 8.39. The Morgan fingerprint density at radius 3 is 3.17 bits per heavy atom. The summed E-state index contributed by atoms with van der Waals surface area (Å²) in [4.78, 5) is 3.97. The standard InChI is InChI=1S/C7H9N5/c1-11-2-3-12(6-11)4-7-8-5-9-10-7/h2-3,5-6H,4H2,1H3. The van der Waals surface area contributed by atoms with Gasteiger partial charge in [-0.2, -0.15) is 0 Å². The summed E-state index contributed by atoms with van der Waals surface area (Å²) in [5.41, 5.74) is 0. The minimum Gasteiger partial charge on any atom is -0.366 e. The molecule has 2 heterocycles. The van der Waals surface area contributed by atoms with Crippen molar-refractivity contribution in [2.75, 3.05) is 0 Å². The van der Waals surface area contributed by atoms with Crippen LogP contribution in [0.15, 0.2) is 25.0 Å². The van der Waals surface area contributed by atoms with Gasteiger partial charge in [0.05, 0.1) is 7.05 Å². The molecule has 0 N–H and O–H groups in total. The van der Waals surface area contributed by atoms with E-state index in [0.717, 1.165) is 5.82 Å². The lowest BCUT2D eigenvalue weighted by molar-refractivity contribution is -0.671. The molecule has 0 saturated carbocycles. The second-order valence-electron chi connectivity index (χ2n) is 2.63. The van der Waals surface area contributed by atoms with Crippen LogP contribution in [0.1, 0.15) is 5.82 Å². The quantitative estimate of drug-likeness (QED) is 0.539. The van der Waals surface area contributed by atoms with Crippen molar-refractivity contribution in [2.24, 2.45) is 7.05 Å². The topological polar surface area (TPSA) is 48.7 Å². The van der Waals surface area contributed by atoms with Crippen LogP contribution in [-0.4, -0.2) is 14.8 Å². The van der Waals surface area contributed by atoms with E-state index in [-0.39, 0.29) is 0 Å². The van der Waals surface area contributed by atoms with Gasteiger partial charge in [0.25, 0.3) is 0 Å². The average Bonchev–Trinajstić information content (AvgIpc) is 2.63. The van der Waals surface area contributed by atoms with Crippen LogP contribution in [0.25, 0.3) is 0 Å². The SMILES string of the molecule is C[n+]1ccn(Cc2nnc[n-]2)c1. The molecule has 0 bridgehead atoms. The van der Waals surface area contributed by atoms with Crippen molar-refractivity contribution in [3.63, 3.8) is 0 Å². The molecule has 2 aromatic heterocycles. The van der Waals surface area contributed by atoms with Crippen molar-refractivity contribution in [2.45, 2.75) is 6.54 Å². The molecule has 0 aromatic carbocycles. The molecule has 62 valence electrons. The van der Waals surface area contributed by atoms with E-state index in [1.807, 2.05) is 34.9 Å². The Bertz CT molecular complexity index is 348. The first kappa shape index (κ1) is 7.02. The molecular weight excluding hydrogens is 154 g/mol. The highest BCUT2D eigenvalue weighted by molar-refractivity contribution is 4.82. The van der Waals surface area contributed by atoms with Crippen molar-refractivity contribution in [3.8, 4) is 0 Å². The Morgan fingerprint density at radius 2 is 2.58 bits per heavy atom. The fourth-order valence-electron chi connectivity index (χ4n) is 1.04. The van der Waals surface area contributed by atoms with Crippen LogP contribution in [0.2, 0.25) is 0 Å². The Kier molecular flexibility index (Phi) is 1.62. The molecule has 0 radical (unpaired) electrons. The van der Waals surface area contributed by atoms with Crippen molar-refractivity contribution < 1.29 is 4.57 Å². The van der Waals surface area contributed by atoms with E-state index < -0.39 is 0 Å². The highest BCUT2D eigenvalue weighted by Gasteiger charge is 1.98. The highest BCUT2D eigenvalue weighted by atomic mass is 15.2. The summed E-state index contributed by atoms with van der Waals surface area (Å²) in [6.45, 7) is 0.681. The molecule has 0 unspecified atom stereocenters. The predicted molar refractivity (Wildman–Crippen MR) is 40.1 cm³/mol. The first-order valence-electron chi connectivity index (χ1n) is 3.65. The molecule has 0 aliphatic heterocycles. The lowest BCUT2D eigenvalue weighted by Gasteiger charge is -1.94. The number of aryl methyl sites for hydroxylation is 1. The maximum absolute atomic E-state index is 3.97. The molecule has 0 saturated heterocycles.